The third-order valence-electron chi connectivity index (χ3n) is 5.32. The van der Waals surface area contributed by atoms with Gasteiger partial charge in [-0.25, -0.2) is 14.4 Å². The van der Waals surface area contributed by atoms with E-state index in [9.17, 15) is 19.2 Å². The summed E-state index contributed by atoms with van der Waals surface area (Å²) in [6, 6.07) is 15.8. The van der Waals surface area contributed by atoms with Crippen molar-refractivity contribution in [1.82, 2.24) is 16.0 Å². The number of alkyl carbamates (subject to hydrolysis) is 1. The van der Waals surface area contributed by atoms with Crippen molar-refractivity contribution in [3.8, 4) is 0 Å². The van der Waals surface area contributed by atoms with Gasteiger partial charge in [0, 0.05) is 6.54 Å². The summed E-state index contributed by atoms with van der Waals surface area (Å²) in [5, 5.41) is 7.73. The molecule has 2 rings (SSSR count). The Bertz CT molecular complexity index is 1000. The van der Waals surface area contributed by atoms with E-state index in [0.717, 1.165) is 11.1 Å². The van der Waals surface area contributed by atoms with Gasteiger partial charge in [0.1, 0.15) is 25.3 Å². The lowest BCUT2D eigenvalue weighted by Gasteiger charge is -2.23. The number of carbonyl (C=O) groups excluding carboxylic acids is 4. The Hall–Kier alpha value is -4.08. The summed E-state index contributed by atoms with van der Waals surface area (Å²) in [6.45, 7) is 4.18. The highest BCUT2D eigenvalue weighted by Crippen LogP contribution is 2.10. The normalized spacial score (nSPS) is 12.2. The molecule has 0 aliphatic rings. The highest BCUT2D eigenvalue weighted by Gasteiger charge is 2.28. The van der Waals surface area contributed by atoms with Gasteiger partial charge in [-0.3, -0.25) is 4.79 Å². The number of nitrogens with one attached hydrogen (secondary N) is 3. The summed E-state index contributed by atoms with van der Waals surface area (Å²) in [6.07, 6.45) is 0.111. The molecule has 2 aromatic carbocycles. The Kier molecular flexibility index (Phi) is 12.5. The lowest BCUT2D eigenvalue weighted by atomic mass is 10.0. The smallest absolute Gasteiger partial charge is 0.408 e. The number of carbonyl (C=O) groups is 4. The first kappa shape index (κ1) is 29.2. The Morgan fingerprint density at radius 3 is 1.92 bits per heavy atom. The Morgan fingerprint density at radius 2 is 1.38 bits per heavy atom. The second kappa shape index (κ2) is 15.8. The van der Waals surface area contributed by atoms with Crippen LogP contribution in [0.2, 0.25) is 0 Å². The molecule has 5 N–H and O–H groups in total. The van der Waals surface area contributed by atoms with Gasteiger partial charge in [0.25, 0.3) is 0 Å². The Morgan fingerprint density at radius 1 is 0.811 bits per heavy atom. The summed E-state index contributed by atoms with van der Waals surface area (Å²) in [4.78, 5) is 49.4. The maximum absolute atomic E-state index is 13.2. The second-order valence-electron chi connectivity index (χ2n) is 8.98. The van der Waals surface area contributed by atoms with Crippen LogP contribution in [0.3, 0.4) is 0 Å². The number of benzene rings is 2. The van der Waals surface area contributed by atoms with Gasteiger partial charge in [0.05, 0.1) is 0 Å². The van der Waals surface area contributed by atoms with E-state index in [0.29, 0.717) is 12.8 Å². The van der Waals surface area contributed by atoms with Crippen LogP contribution in [0.4, 0.5) is 9.59 Å². The van der Waals surface area contributed by atoms with Gasteiger partial charge in [-0.05, 0) is 36.3 Å². The van der Waals surface area contributed by atoms with Crippen molar-refractivity contribution in [3.05, 3.63) is 71.8 Å². The number of rotatable bonds is 14. The van der Waals surface area contributed by atoms with E-state index < -0.39 is 36.1 Å². The molecule has 4 amide bonds. The average molecular weight is 513 g/mol. The largest absolute Gasteiger partial charge is 0.459 e. The summed E-state index contributed by atoms with van der Waals surface area (Å²) < 4.78 is 10.7. The Labute approximate surface area is 217 Å². The molecule has 0 radical (unpaired) electrons. The van der Waals surface area contributed by atoms with E-state index in [2.05, 4.69) is 16.0 Å². The van der Waals surface area contributed by atoms with Gasteiger partial charge < -0.3 is 31.2 Å². The summed E-state index contributed by atoms with van der Waals surface area (Å²) in [5.41, 5.74) is 6.71. The molecule has 2 atom stereocenters. The molecule has 0 bridgehead atoms. The van der Waals surface area contributed by atoms with E-state index >= 15 is 0 Å². The maximum atomic E-state index is 13.2. The number of ether oxygens (including phenoxy) is 2. The predicted molar refractivity (Wildman–Crippen MR) is 138 cm³/mol. The van der Waals surface area contributed by atoms with Crippen molar-refractivity contribution in [2.24, 2.45) is 11.7 Å². The van der Waals surface area contributed by atoms with Gasteiger partial charge in [-0.2, -0.15) is 0 Å². The average Bonchev–Trinajstić information content (AvgIpc) is 2.88. The molecule has 37 heavy (non-hydrogen) atoms. The number of nitrogens with two attached hydrogens (primary N) is 1. The minimum atomic E-state index is -1.01. The summed E-state index contributed by atoms with van der Waals surface area (Å²) >= 11 is 0. The molecule has 0 aromatic heterocycles. The molecule has 200 valence electrons. The zero-order valence-electron chi connectivity index (χ0n) is 21.3. The van der Waals surface area contributed by atoms with Crippen LogP contribution in [-0.4, -0.2) is 42.6 Å². The molecule has 0 spiro atoms. The predicted octanol–water partition coefficient (Wildman–Crippen LogP) is 3.00. The SMILES string of the molecule is CC(C)CC(NC(=O)C(CCCNC(N)=O)NC(=O)OCc1ccccc1)C(=O)OCc1ccccc1. The van der Waals surface area contributed by atoms with E-state index in [1.54, 1.807) is 0 Å². The van der Waals surface area contributed by atoms with Crippen molar-refractivity contribution in [3.63, 3.8) is 0 Å². The van der Waals surface area contributed by atoms with Gasteiger partial charge in [0.2, 0.25) is 5.91 Å². The van der Waals surface area contributed by atoms with Crippen molar-refractivity contribution in [2.45, 2.75) is 58.4 Å². The summed E-state index contributed by atoms with van der Waals surface area (Å²) in [5.74, 6) is -1.03. The highest BCUT2D eigenvalue weighted by atomic mass is 16.5. The third-order valence-corrected chi connectivity index (χ3v) is 5.32. The van der Waals surface area contributed by atoms with E-state index in [1.807, 2.05) is 74.5 Å². The van der Waals surface area contributed by atoms with Crippen LogP contribution in [0.15, 0.2) is 60.7 Å². The monoisotopic (exact) mass is 512 g/mol. The van der Waals surface area contributed by atoms with Crippen molar-refractivity contribution in [1.29, 1.82) is 0 Å². The molecule has 0 saturated carbocycles. The van der Waals surface area contributed by atoms with Gasteiger partial charge in [-0.1, -0.05) is 74.5 Å². The molecule has 10 nitrogen and oxygen atoms in total. The van der Waals surface area contributed by atoms with E-state index in [4.69, 9.17) is 15.2 Å². The lowest BCUT2D eigenvalue weighted by molar-refractivity contribution is -0.149. The molecular formula is C27H36N4O6. The first-order chi connectivity index (χ1) is 17.7. The number of hydrogen-bond donors (Lipinski definition) is 4. The van der Waals surface area contributed by atoms with E-state index in [-0.39, 0.29) is 32.1 Å². The second-order valence-corrected chi connectivity index (χ2v) is 8.98. The lowest BCUT2D eigenvalue weighted by Crippen LogP contribution is -2.52. The van der Waals surface area contributed by atoms with Crippen LogP contribution in [-0.2, 0) is 32.3 Å². The fraction of sp³-hybridized carbons (Fsp3) is 0.407. The molecule has 10 heteroatoms. The van der Waals surface area contributed by atoms with Crippen LogP contribution in [0, 0.1) is 5.92 Å². The number of amides is 4. The number of primary amides is 1. The van der Waals surface area contributed by atoms with Crippen LogP contribution in [0.5, 0.6) is 0 Å². The van der Waals surface area contributed by atoms with E-state index in [1.165, 1.54) is 0 Å². The van der Waals surface area contributed by atoms with Gasteiger partial charge in [-0.15, -0.1) is 0 Å². The first-order valence-corrected chi connectivity index (χ1v) is 12.3. The standard InChI is InChI=1S/C27H36N4O6/c1-19(2)16-23(25(33)36-17-20-10-5-3-6-11-20)30-24(32)22(14-9-15-29-26(28)34)31-27(35)37-18-21-12-7-4-8-13-21/h3-8,10-13,19,22-23H,9,14-18H2,1-2H3,(H,30,32)(H,31,35)(H3,28,29,34). The fourth-order valence-corrected chi connectivity index (χ4v) is 3.48. The number of esters is 1. The molecule has 2 unspecified atom stereocenters. The molecule has 0 aliphatic heterocycles. The quantitative estimate of drug-likeness (QED) is 0.226. The summed E-state index contributed by atoms with van der Waals surface area (Å²) in [7, 11) is 0. The zero-order chi connectivity index (χ0) is 27.0. The van der Waals surface area contributed by atoms with Crippen molar-refractivity contribution < 1.29 is 28.7 Å². The van der Waals surface area contributed by atoms with Gasteiger partial charge >= 0.3 is 18.1 Å². The first-order valence-electron chi connectivity index (χ1n) is 12.3. The topological polar surface area (TPSA) is 149 Å². The minimum absolute atomic E-state index is 0.0338. The maximum Gasteiger partial charge on any atom is 0.408 e. The van der Waals surface area contributed by atoms with Gasteiger partial charge in [0.15, 0.2) is 0 Å². The van der Waals surface area contributed by atoms with Crippen LogP contribution in [0.25, 0.3) is 0 Å². The minimum Gasteiger partial charge on any atom is -0.459 e. The van der Waals surface area contributed by atoms with Crippen molar-refractivity contribution >= 4 is 24.0 Å². The third kappa shape index (κ3) is 11.9. The number of urea groups is 1. The molecular weight excluding hydrogens is 476 g/mol. The van der Waals surface area contributed by atoms with Crippen molar-refractivity contribution in [2.75, 3.05) is 6.54 Å². The fourth-order valence-electron chi connectivity index (χ4n) is 3.48. The van der Waals surface area contributed by atoms with Crippen LogP contribution < -0.4 is 21.7 Å². The Balaban J connectivity index is 2.01. The molecule has 0 fully saturated rings. The molecule has 0 aliphatic carbocycles. The zero-order valence-corrected chi connectivity index (χ0v) is 21.3. The molecule has 2 aromatic rings. The highest BCUT2D eigenvalue weighted by molar-refractivity contribution is 5.89. The molecule has 0 saturated heterocycles. The molecule has 0 heterocycles. The number of hydrogen-bond acceptors (Lipinski definition) is 6. The van der Waals surface area contributed by atoms with Crippen LogP contribution in [0.1, 0.15) is 44.2 Å². The van der Waals surface area contributed by atoms with Crippen LogP contribution >= 0.6 is 0 Å².